The Hall–Kier alpha value is -4.00. The average Bonchev–Trinajstić information content (AvgIpc) is 3.51. The van der Waals surface area contributed by atoms with Crippen molar-refractivity contribution in [3.8, 4) is 10.4 Å². The molecule has 2 aromatic carbocycles. The Morgan fingerprint density at radius 2 is 1.56 bits per heavy atom. The number of ether oxygens (including phenoxy) is 2. The van der Waals surface area contributed by atoms with Crippen molar-refractivity contribution in [1.82, 2.24) is 26.3 Å². The van der Waals surface area contributed by atoms with E-state index in [1.807, 2.05) is 60.8 Å². The van der Waals surface area contributed by atoms with Crippen LogP contribution >= 0.6 is 11.3 Å². The molecule has 0 unspecified atom stereocenters. The van der Waals surface area contributed by atoms with Crippen LogP contribution in [0.2, 0.25) is 0 Å². The maximum absolute atomic E-state index is 14.2. The number of alkyl carbamates (subject to hydrolysis) is 2. The molecule has 0 aliphatic heterocycles. The van der Waals surface area contributed by atoms with E-state index in [4.69, 9.17) is 9.47 Å². The Labute approximate surface area is 269 Å². The summed E-state index contributed by atoms with van der Waals surface area (Å²) in [7, 11) is 1.16. The summed E-state index contributed by atoms with van der Waals surface area (Å²) in [4.78, 5) is 45.0. The molecule has 0 bridgehead atoms. The first kappa shape index (κ1) is 35.5. The van der Waals surface area contributed by atoms with Crippen molar-refractivity contribution in [2.45, 2.75) is 77.9 Å². The lowest BCUT2D eigenvalue weighted by molar-refractivity contribution is -0.135. The van der Waals surface area contributed by atoms with Gasteiger partial charge in [0.2, 0.25) is 5.66 Å². The van der Waals surface area contributed by atoms with Gasteiger partial charge in [0.15, 0.2) is 0 Å². The number of aliphatic hydroxyl groups excluding tert-OH is 1. The summed E-state index contributed by atoms with van der Waals surface area (Å²) in [5, 5.41) is 22.7. The van der Waals surface area contributed by atoms with Gasteiger partial charge in [-0.1, -0.05) is 75.4 Å². The fraction of sp³-hybridized carbons (Fsp3) is 0.455. The molecule has 244 valence electrons. The molecular formula is C33H45N5O6S. The molecule has 12 heteroatoms. The third kappa shape index (κ3) is 10.3. The van der Waals surface area contributed by atoms with Crippen LogP contribution in [-0.2, 0) is 27.2 Å². The highest BCUT2D eigenvalue weighted by Crippen LogP contribution is 2.30. The zero-order valence-corrected chi connectivity index (χ0v) is 27.8. The number of hydrogen-bond donors (Lipinski definition) is 5. The van der Waals surface area contributed by atoms with E-state index in [2.05, 4.69) is 26.3 Å². The molecule has 3 aromatic rings. The molecule has 1 aromatic heterocycles. The second-order valence-electron chi connectivity index (χ2n) is 12.8. The Morgan fingerprint density at radius 1 is 0.911 bits per heavy atom. The van der Waals surface area contributed by atoms with Crippen molar-refractivity contribution in [2.75, 3.05) is 13.7 Å². The molecule has 0 radical (unpaired) electrons. The molecule has 3 amide bonds. The van der Waals surface area contributed by atoms with Crippen molar-refractivity contribution in [1.29, 1.82) is 0 Å². The van der Waals surface area contributed by atoms with Crippen LogP contribution in [-0.4, -0.2) is 65.2 Å². The number of rotatable bonds is 12. The van der Waals surface area contributed by atoms with Crippen LogP contribution in [0.1, 0.15) is 52.7 Å². The van der Waals surface area contributed by atoms with Crippen molar-refractivity contribution in [3.63, 3.8) is 0 Å². The van der Waals surface area contributed by atoms with Crippen LogP contribution in [0.25, 0.3) is 10.4 Å². The number of amides is 3. The van der Waals surface area contributed by atoms with Gasteiger partial charge in [-0.3, -0.25) is 20.4 Å². The van der Waals surface area contributed by atoms with E-state index in [1.165, 1.54) is 0 Å². The van der Waals surface area contributed by atoms with E-state index in [-0.39, 0.29) is 13.0 Å². The predicted octanol–water partition coefficient (Wildman–Crippen LogP) is 4.61. The first-order valence-electron chi connectivity index (χ1n) is 14.7. The number of nitrogens with one attached hydrogen (secondary N) is 4. The van der Waals surface area contributed by atoms with Crippen molar-refractivity contribution < 1.29 is 29.0 Å². The molecule has 0 saturated heterocycles. The number of nitrogens with zero attached hydrogens (tertiary/aromatic N) is 1. The predicted molar refractivity (Wildman–Crippen MR) is 174 cm³/mol. The second kappa shape index (κ2) is 15.3. The first-order valence-corrected chi connectivity index (χ1v) is 15.6. The van der Waals surface area contributed by atoms with Gasteiger partial charge in [0.1, 0.15) is 5.60 Å². The fourth-order valence-corrected chi connectivity index (χ4v) is 5.23. The second-order valence-corrected chi connectivity index (χ2v) is 13.7. The highest BCUT2D eigenvalue weighted by molar-refractivity contribution is 7.13. The molecular weight excluding hydrogens is 594 g/mol. The Morgan fingerprint density at radius 3 is 2.11 bits per heavy atom. The molecule has 3 atom stereocenters. The monoisotopic (exact) mass is 639 g/mol. The minimum absolute atomic E-state index is 0.154. The number of carbonyl (C=O) groups excluding carboxylic acids is 3. The van der Waals surface area contributed by atoms with Gasteiger partial charge in [-0.15, -0.1) is 11.3 Å². The van der Waals surface area contributed by atoms with Crippen LogP contribution in [0.5, 0.6) is 0 Å². The number of benzene rings is 2. The SMILES string of the molecule is COC(=O)N[C@](NC(=O)OC(C)(C)C)(C(=O)N[C@@H](Cc1ccccc1)[C@@H](O)CNCc1ccc(-c2cncs2)cc1)C(C)(C)C. The Balaban J connectivity index is 1.82. The standard InChI is InChI=1S/C33H45N5O6S/c1-31(2,3)33(37-29(41)43-7,38-30(42)44-32(4,5)6)28(40)36-25(17-22-11-9-8-10-12-22)26(39)19-34-18-23-13-15-24(16-14-23)27-20-35-21-45-27/h8-16,20-21,25-26,34,39H,17-19H2,1-7H3,(H,36,40)(H,37,41)(H,38,42)/t25-,26-,33-/m0/s1. The minimum Gasteiger partial charge on any atom is -0.453 e. The number of carbonyl (C=O) groups is 3. The maximum atomic E-state index is 14.2. The molecule has 0 fully saturated rings. The number of methoxy groups -OCH3 is 1. The van der Waals surface area contributed by atoms with Gasteiger partial charge in [0.05, 0.1) is 29.6 Å². The summed E-state index contributed by atoms with van der Waals surface area (Å²) in [6.45, 7) is 10.8. The van der Waals surface area contributed by atoms with E-state index >= 15 is 0 Å². The zero-order valence-electron chi connectivity index (χ0n) is 27.0. The lowest BCUT2D eigenvalue weighted by Crippen LogP contribution is -2.75. The molecule has 3 rings (SSSR count). The number of aromatic nitrogens is 1. The normalized spacial score (nSPS) is 14.4. The van der Waals surface area contributed by atoms with Crippen molar-refractivity contribution in [2.24, 2.45) is 5.41 Å². The number of hydrogen-bond acceptors (Lipinski definition) is 9. The van der Waals surface area contributed by atoms with E-state index in [0.29, 0.717) is 6.54 Å². The van der Waals surface area contributed by atoms with Crippen molar-refractivity contribution >= 4 is 29.4 Å². The summed E-state index contributed by atoms with van der Waals surface area (Å²) in [6.07, 6.45) is -0.772. The third-order valence-corrected chi connectivity index (χ3v) is 7.88. The van der Waals surface area contributed by atoms with E-state index in [0.717, 1.165) is 28.7 Å². The van der Waals surface area contributed by atoms with Gasteiger partial charge in [0.25, 0.3) is 5.91 Å². The Kier molecular flexibility index (Phi) is 12.1. The summed E-state index contributed by atoms with van der Waals surface area (Å²) in [5.41, 5.74) is 0.821. The van der Waals surface area contributed by atoms with E-state index in [9.17, 15) is 19.5 Å². The lowest BCUT2D eigenvalue weighted by Gasteiger charge is -2.44. The molecule has 0 aliphatic rings. The van der Waals surface area contributed by atoms with Crippen LogP contribution < -0.4 is 21.3 Å². The Bertz CT molecular complexity index is 1390. The van der Waals surface area contributed by atoms with Gasteiger partial charge >= 0.3 is 12.2 Å². The zero-order chi connectivity index (χ0) is 33.3. The summed E-state index contributed by atoms with van der Waals surface area (Å²) < 4.78 is 10.3. The van der Waals surface area contributed by atoms with E-state index < -0.39 is 46.9 Å². The lowest BCUT2D eigenvalue weighted by atomic mass is 9.79. The van der Waals surface area contributed by atoms with Crippen LogP contribution in [0.15, 0.2) is 66.3 Å². The van der Waals surface area contributed by atoms with E-state index in [1.54, 1.807) is 58.4 Å². The van der Waals surface area contributed by atoms with Crippen LogP contribution in [0, 0.1) is 5.41 Å². The van der Waals surface area contributed by atoms with Gasteiger partial charge in [-0.2, -0.15) is 0 Å². The quantitative estimate of drug-likeness (QED) is 0.180. The minimum atomic E-state index is -2.01. The first-order chi connectivity index (χ1) is 21.1. The molecule has 5 N–H and O–H groups in total. The molecule has 0 aliphatic carbocycles. The van der Waals surface area contributed by atoms with Gasteiger partial charge in [0, 0.05) is 24.7 Å². The fourth-order valence-electron chi connectivity index (χ4n) is 4.60. The van der Waals surface area contributed by atoms with Crippen molar-refractivity contribution in [3.05, 3.63) is 77.4 Å². The molecule has 1 heterocycles. The topological polar surface area (TPSA) is 151 Å². The molecule has 0 spiro atoms. The number of thiazole rings is 1. The number of aliphatic hydroxyl groups is 1. The van der Waals surface area contributed by atoms with Gasteiger partial charge < -0.3 is 25.2 Å². The largest absolute Gasteiger partial charge is 0.453 e. The van der Waals surface area contributed by atoms with Gasteiger partial charge in [-0.05, 0) is 43.9 Å². The average molecular weight is 640 g/mol. The molecule has 0 saturated carbocycles. The van der Waals surface area contributed by atoms with Crippen LogP contribution in [0.4, 0.5) is 9.59 Å². The third-order valence-electron chi connectivity index (χ3n) is 7.06. The smallest absolute Gasteiger partial charge is 0.409 e. The highest BCUT2D eigenvalue weighted by atomic mass is 32.1. The summed E-state index contributed by atoms with van der Waals surface area (Å²) in [6, 6.07) is 16.7. The molecule has 45 heavy (non-hydrogen) atoms. The highest BCUT2D eigenvalue weighted by Gasteiger charge is 2.53. The van der Waals surface area contributed by atoms with Crippen LogP contribution in [0.3, 0.4) is 0 Å². The van der Waals surface area contributed by atoms with Gasteiger partial charge in [-0.25, -0.2) is 9.59 Å². The molecule has 11 nitrogen and oxygen atoms in total. The maximum Gasteiger partial charge on any atom is 0.409 e. The summed E-state index contributed by atoms with van der Waals surface area (Å²) in [5.74, 6) is -0.745. The summed E-state index contributed by atoms with van der Waals surface area (Å²) >= 11 is 1.57.